The third-order valence-electron chi connectivity index (χ3n) is 4.57. The minimum Gasteiger partial charge on any atom is -0.486 e. The van der Waals surface area contributed by atoms with Gasteiger partial charge in [0.2, 0.25) is 0 Å². The summed E-state index contributed by atoms with van der Waals surface area (Å²) in [6, 6.07) is 8.83. The van der Waals surface area contributed by atoms with Crippen LogP contribution in [-0.2, 0) is 6.61 Å². The second kappa shape index (κ2) is 8.46. The van der Waals surface area contributed by atoms with Crippen molar-refractivity contribution < 1.29 is 14.1 Å². The highest BCUT2D eigenvalue weighted by Gasteiger charge is 2.24. The highest BCUT2D eigenvalue weighted by molar-refractivity contribution is 7.09. The van der Waals surface area contributed by atoms with Crippen molar-refractivity contribution in [2.24, 2.45) is 0 Å². The third-order valence-corrected chi connectivity index (χ3v) is 5.71. The molecule has 30 heavy (non-hydrogen) atoms. The van der Waals surface area contributed by atoms with E-state index in [4.69, 9.17) is 9.26 Å². The van der Waals surface area contributed by atoms with E-state index < -0.39 is 0 Å². The van der Waals surface area contributed by atoms with Gasteiger partial charge in [-0.25, -0.2) is 14.6 Å². The summed E-state index contributed by atoms with van der Waals surface area (Å²) in [5, 5.41) is 10.8. The normalized spacial score (nSPS) is 12.0. The number of amides is 1. The molecule has 0 bridgehead atoms. The largest absolute Gasteiger partial charge is 0.486 e. The first-order valence-corrected chi connectivity index (χ1v) is 10.1. The second-order valence-corrected chi connectivity index (χ2v) is 7.61. The zero-order valence-electron chi connectivity index (χ0n) is 16.7. The van der Waals surface area contributed by atoms with Gasteiger partial charge in [-0.2, -0.15) is 5.10 Å². The SMILES string of the molecule is Cc1csc([C@@H](C)N(C)C(=O)c2cc(COc3ccc(-n4cncn4)cc3)on2)n1. The molecule has 4 rings (SSSR count). The molecule has 10 heteroatoms. The lowest BCUT2D eigenvalue weighted by atomic mass is 10.2. The first kappa shape index (κ1) is 19.8. The van der Waals surface area contributed by atoms with Gasteiger partial charge in [-0.15, -0.1) is 11.3 Å². The van der Waals surface area contributed by atoms with Crippen LogP contribution in [-0.4, -0.2) is 42.8 Å². The number of thiazole rings is 1. The van der Waals surface area contributed by atoms with Crippen LogP contribution in [0.15, 0.2) is 52.9 Å². The number of carbonyl (C=O) groups excluding carboxylic acids is 1. The number of rotatable bonds is 7. The number of hydrogen-bond acceptors (Lipinski definition) is 8. The highest BCUT2D eigenvalue weighted by atomic mass is 32.1. The lowest BCUT2D eigenvalue weighted by molar-refractivity contribution is 0.0731. The van der Waals surface area contributed by atoms with Crippen LogP contribution >= 0.6 is 11.3 Å². The summed E-state index contributed by atoms with van der Waals surface area (Å²) in [7, 11) is 1.73. The Morgan fingerprint density at radius 2 is 2.13 bits per heavy atom. The minimum atomic E-state index is -0.234. The van der Waals surface area contributed by atoms with Crippen molar-refractivity contribution in [1.82, 2.24) is 29.8 Å². The van der Waals surface area contributed by atoms with Crippen molar-refractivity contribution in [2.45, 2.75) is 26.5 Å². The van der Waals surface area contributed by atoms with E-state index in [1.165, 1.54) is 17.7 Å². The fourth-order valence-corrected chi connectivity index (χ4v) is 3.65. The first-order valence-electron chi connectivity index (χ1n) is 9.24. The molecular formula is C20H20N6O3S. The quantitative estimate of drug-likeness (QED) is 0.448. The molecule has 0 fully saturated rings. The monoisotopic (exact) mass is 424 g/mol. The van der Waals surface area contributed by atoms with Crippen molar-refractivity contribution in [3.8, 4) is 11.4 Å². The maximum absolute atomic E-state index is 12.7. The minimum absolute atomic E-state index is 0.156. The molecule has 4 aromatic rings. The maximum atomic E-state index is 12.7. The molecule has 0 N–H and O–H groups in total. The van der Waals surface area contributed by atoms with Crippen LogP contribution < -0.4 is 4.74 Å². The average molecular weight is 424 g/mol. The van der Waals surface area contributed by atoms with Gasteiger partial charge in [0.05, 0.1) is 11.7 Å². The number of carbonyl (C=O) groups is 1. The standard InChI is InChI=1S/C20H20N6O3S/c1-13-10-30-19(23-13)14(2)25(3)20(27)18-8-17(29-24-18)9-28-16-6-4-15(5-7-16)26-12-21-11-22-26/h4-8,10-12,14H,9H2,1-3H3/t14-/m1/s1. The van der Waals surface area contributed by atoms with Crippen LogP contribution in [0.4, 0.5) is 0 Å². The van der Waals surface area contributed by atoms with Crippen LogP contribution in [0.1, 0.15) is 39.9 Å². The van der Waals surface area contributed by atoms with Gasteiger partial charge in [0, 0.05) is 24.2 Å². The Kier molecular flexibility index (Phi) is 5.57. The molecule has 1 aromatic carbocycles. The van der Waals surface area contributed by atoms with Crippen LogP contribution in [0.3, 0.4) is 0 Å². The predicted molar refractivity (Wildman–Crippen MR) is 110 cm³/mol. The van der Waals surface area contributed by atoms with E-state index in [0.29, 0.717) is 11.5 Å². The number of nitrogens with zero attached hydrogens (tertiary/aromatic N) is 6. The van der Waals surface area contributed by atoms with Gasteiger partial charge in [0.1, 0.15) is 30.0 Å². The van der Waals surface area contributed by atoms with E-state index >= 15 is 0 Å². The molecule has 0 saturated carbocycles. The summed E-state index contributed by atoms with van der Waals surface area (Å²) in [6.45, 7) is 4.03. The number of benzene rings is 1. The Labute approximate surface area is 176 Å². The Morgan fingerprint density at radius 1 is 1.33 bits per heavy atom. The van der Waals surface area contributed by atoms with Crippen molar-refractivity contribution >= 4 is 17.2 Å². The van der Waals surface area contributed by atoms with Crippen LogP contribution in [0, 0.1) is 6.92 Å². The highest BCUT2D eigenvalue weighted by Crippen LogP contribution is 2.24. The van der Waals surface area contributed by atoms with E-state index in [2.05, 4.69) is 20.2 Å². The molecule has 0 saturated heterocycles. The van der Waals surface area contributed by atoms with Gasteiger partial charge in [-0.05, 0) is 38.1 Å². The molecule has 0 aliphatic heterocycles. The molecule has 0 unspecified atom stereocenters. The van der Waals surface area contributed by atoms with Crippen LogP contribution in [0.25, 0.3) is 5.69 Å². The molecular weight excluding hydrogens is 404 g/mol. The number of aromatic nitrogens is 5. The molecule has 154 valence electrons. The summed E-state index contributed by atoms with van der Waals surface area (Å²) < 4.78 is 12.7. The molecule has 3 aromatic heterocycles. The zero-order valence-corrected chi connectivity index (χ0v) is 17.5. The summed E-state index contributed by atoms with van der Waals surface area (Å²) in [5.74, 6) is 0.889. The van der Waals surface area contributed by atoms with Gasteiger partial charge in [0.15, 0.2) is 11.5 Å². The molecule has 0 radical (unpaired) electrons. The average Bonchev–Trinajstić information content (AvgIpc) is 3.53. The van der Waals surface area contributed by atoms with E-state index in [9.17, 15) is 4.79 Å². The second-order valence-electron chi connectivity index (χ2n) is 6.72. The number of aryl methyl sites for hydroxylation is 1. The van der Waals surface area contributed by atoms with Gasteiger partial charge in [0.25, 0.3) is 5.91 Å². The summed E-state index contributed by atoms with van der Waals surface area (Å²) in [6.07, 6.45) is 3.10. The molecule has 9 nitrogen and oxygen atoms in total. The van der Waals surface area contributed by atoms with Crippen molar-refractivity contribution in [3.05, 3.63) is 70.5 Å². The summed E-state index contributed by atoms with van der Waals surface area (Å²) >= 11 is 1.53. The molecule has 0 aliphatic carbocycles. The molecule has 0 spiro atoms. The Balaban J connectivity index is 1.36. The van der Waals surface area contributed by atoms with E-state index in [1.807, 2.05) is 43.5 Å². The number of hydrogen-bond donors (Lipinski definition) is 0. The lowest BCUT2D eigenvalue weighted by Crippen LogP contribution is -2.29. The fourth-order valence-electron chi connectivity index (χ4n) is 2.76. The smallest absolute Gasteiger partial charge is 0.276 e. The van der Waals surface area contributed by atoms with E-state index in [0.717, 1.165) is 16.4 Å². The van der Waals surface area contributed by atoms with Gasteiger partial charge < -0.3 is 14.2 Å². The van der Waals surface area contributed by atoms with Gasteiger partial charge >= 0.3 is 0 Å². The number of ether oxygens (including phenoxy) is 1. The fraction of sp³-hybridized carbons (Fsp3) is 0.250. The lowest BCUT2D eigenvalue weighted by Gasteiger charge is -2.21. The Hall–Kier alpha value is -3.53. The third kappa shape index (κ3) is 4.23. The molecule has 1 atom stereocenters. The predicted octanol–water partition coefficient (Wildman–Crippen LogP) is 3.43. The van der Waals surface area contributed by atoms with Crippen molar-refractivity contribution in [3.63, 3.8) is 0 Å². The summed E-state index contributed by atoms with van der Waals surface area (Å²) in [4.78, 5) is 22.7. The van der Waals surface area contributed by atoms with E-state index in [-0.39, 0.29) is 24.2 Å². The Morgan fingerprint density at radius 3 is 2.80 bits per heavy atom. The van der Waals surface area contributed by atoms with Crippen LogP contribution in [0.5, 0.6) is 5.75 Å². The van der Waals surface area contributed by atoms with E-state index in [1.54, 1.807) is 29.0 Å². The zero-order chi connectivity index (χ0) is 21.1. The van der Waals surface area contributed by atoms with Crippen LogP contribution in [0.2, 0.25) is 0 Å². The first-order chi connectivity index (χ1) is 14.5. The van der Waals surface area contributed by atoms with Crippen molar-refractivity contribution in [1.29, 1.82) is 0 Å². The topological polar surface area (TPSA) is 99.2 Å². The molecule has 0 aliphatic rings. The summed E-state index contributed by atoms with van der Waals surface area (Å²) in [5.41, 5.74) is 2.05. The Bertz CT molecular complexity index is 1120. The van der Waals surface area contributed by atoms with Crippen molar-refractivity contribution in [2.75, 3.05) is 7.05 Å². The molecule has 1 amide bonds. The van der Waals surface area contributed by atoms with Gasteiger partial charge in [-0.1, -0.05) is 5.16 Å². The van der Waals surface area contributed by atoms with Gasteiger partial charge in [-0.3, -0.25) is 4.79 Å². The maximum Gasteiger partial charge on any atom is 0.276 e. The molecule has 3 heterocycles.